The first-order valence-corrected chi connectivity index (χ1v) is 8.54. The molecule has 3 nitrogen and oxygen atoms in total. The third-order valence-electron chi connectivity index (χ3n) is 4.82. The molecular formula is C19H31ClN2O. The summed E-state index contributed by atoms with van der Waals surface area (Å²) >= 11 is 0. The second-order valence-corrected chi connectivity index (χ2v) is 6.98. The first-order chi connectivity index (χ1) is 10.5. The van der Waals surface area contributed by atoms with Crippen LogP contribution in [0.1, 0.15) is 55.8 Å². The van der Waals surface area contributed by atoms with E-state index in [9.17, 15) is 4.79 Å². The van der Waals surface area contributed by atoms with Crippen molar-refractivity contribution >= 4 is 18.3 Å². The van der Waals surface area contributed by atoms with Crippen LogP contribution in [-0.4, -0.2) is 19.0 Å². The summed E-state index contributed by atoms with van der Waals surface area (Å²) in [7, 11) is 0. The van der Waals surface area contributed by atoms with Crippen molar-refractivity contribution in [3.63, 3.8) is 0 Å². The zero-order valence-corrected chi connectivity index (χ0v) is 15.6. The highest BCUT2D eigenvalue weighted by atomic mass is 35.5. The Balaban J connectivity index is 0.00000264. The molecule has 1 aromatic rings. The molecule has 0 radical (unpaired) electrons. The van der Waals surface area contributed by atoms with E-state index in [0.29, 0.717) is 18.3 Å². The van der Waals surface area contributed by atoms with Gasteiger partial charge in [0.15, 0.2) is 0 Å². The maximum absolute atomic E-state index is 12.3. The number of carbonyl (C=O) groups excluding carboxylic acids is 1. The first kappa shape index (κ1) is 20.0. The number of rotatable bonds is 5. The van der Waals surface area contributed by atoms with Gasteiger partial charge in [-0.2, -0.15) is 0 Å². The Morgan fingerprint density at radius 2 is 1.74 bits per heavy atom. The highest BCUT2D eigenvalue weighted by Crippen LogP contribution is 2.24. The first-order valence-electron chi connectivity index (χ1n) is 8.54. The summed E-state index contributed by atoms with van der Waals surface area (Å²) in [5.74, 6) is 1.33. The number of benzene rings is 1. The lowest BCUT2D eigenvalue weighted by molar-refractivity contribution is -0.123. The summed E-state index contributed by atoms with van der Waals surface area (Å²) in [5.41, 5.74) is 3.69. The van der Waals surface area contributed by atoms with Gasteiger partial charge in [-0.3, -0.25) is 4.79 Å². The standard InChI is InChI=1S/C19H30N2O.ClH/c1-13-9-14(2)11-18(10-13)16(4)21-19(22)12-15(3)17-5-7-20-8-6-17;/h9-11,15-17,20H,5-8,12H2,1-4H3,(H,21,22);1H. The van der Waals surface area contributed by atoms with Crippen LogP contribution in [0.2, 0.25) is 0 Å². The van der Waals surface area contributed by atoms with Crippen molar-refractivity contribution in [3.8, 4) is 0 Å². The molecule has 4 heteroatoms. The summed E-state index contributed by atoms with van der Waals surface area (Å²) in [6.45, 7) is 10.7. The lowest BCUT2D eigenvalue weighted by atomic mass is 9.84. The molecule has 0 bridgehead atoms. The molecule has 1 aliphatic heterocycles. The summed E-state index contributed by atoms with van der Waals surface area (Å²) in [6, 6.07) is 6.56. The minimum atomic E-state index is 0. The SMILES string of the molecule is Cc1cc(C)cc(C(C)NC(=O)CC(C)C2CCNCC2)c1.Cl. The molecule has 2 N–H and O–H groups in total. The number of aryl methyl sites for hydroxylation is 2. The van der Waals surface area contributed by atoms with Crippen LogP contribution in [-0.2, 0) is 4.79 Å². The lowest BCUT2D eigenvalue weighted by Crippen LogP contribution is -2.34. The molecule has 130 valence electrons. The van der Waals surface area contributed by atoms with Gasteiger partial charge >= 0.3 is 0 Å². The van der Waals surface area contributed by atoms with E-state index in [1.54, 1.807) is 0 Å². The number of hydrogen-bond donors (Lipinski definition) is 2. The minimum absolute atomic E-state index is 0. The van der Waals surface area contributed by atoms with Gasteiger partial charge in [0.05, 0.1) is 6.04 Å². The van der Waals surface area contributed by atoms with E-state index in [-0.39, 0.29) is 24.4 Å². The maximum Gasteiger partial charge on any atom is 0.220 e. The molecule has 1 aliphatic rings. The van der Waals surface area contributed by atoms with Crippen LogP contribution < -0.4 is 10.6 Å². The van der Waals surface area contributed by atoms with Crippen LogP contribution in [0, 0.1) is 25.7 Å². The Hall–Kier alpha value is -1.06. The van der Waals surface area contributed by atoms with Crippen molar-refractivity contribution in [1.29, 1.82) is 0 Å². The number of carbonyl (C=O) groups is 1. The molecule has 1 aromatic carbocycles. The topological polar surface area (TPSA) is 41.1 Å². The zero-order valence-electron chi connectivity index (χ0n) is 14.8. The minimum Gasteiger partial charge on any atom is -0.350 e. The Bertz CT molecular complexity index is 492. The van der Waals surface area contributed by atoms with Crippen LogP contribution in [0.3, 0.4) is 0 Å². The monoisotopic (exact) mass is 338 g/mol. The summed E-state index contributed by atoms with van der Waals surface area (Å²) < 4.78 is 0. The van der Waals surface area contributed by atoms with Crippen molar-refractivity contribution in [2.75, 3.05) is 13.1 Å². The predicted octanol–water partition coefficient (Wildman–Crippen LogP) is 3.93. The van der Waals surface area contributed by atoms with Crippen molar-refractivity contribution in [3.05, 3.63) is 34.9 Å². The van der Waals surface area contributed by atoms with E-state index < -0.39 is 0 Å². The Labute approximate surface area is 147 Å². The van der Waals surface area contributed by atoms with E-state index >= 15 is 0 Å². The molecule has 2 unspecified atom stereocenters. The van der Waals surface area contributed by atoms with E-state index in [4.69, 9.17) is 0 Å². The Morgan fingerprint density at radius 3 is 2.30 bits per heavy atom. The zero-order chi connectivity index (χ0) is 16.1. The number of hydrogen-bond acceptors (Lipinski definition) is 2. The fraction of sp³-hybridized carbons (Fsp3) is 0.632. The van der Waals surface area contributed by atoms with Gasteiger partial charge in [-0.05, 0) is 64.1 Å². The third kappa shape index (κ3) is 6.15. The molecule has 2 atom stereocenters. The van der Waals surface area contributed by atoms with Gasteiger partial charge in [0.1, 0.15) is 0 Å². The van der Waals surface area contributed by atoms with Gasteiger partial charge in [-0.15, -0.1) is 12.4 Å². The van der Waals surface area contributed by atoms with Gasteiger partial charge in [0.2, 0.25) is 5.91 Å². The smallest absolute Gasteiger partial charge is 0.220 e. The average Bonchev–Trinajstić information content (AvgIpc) is 2.47. The van der Waals surface area contributed by atoms with Crippen molar-refractivity contribution in [1.82, 2.24) is 10.6 Å². The van der Waals surface area contributed by atoms with Crippen LogP contribution in [0.25, 0.3) is 0 Å². The van der Waals surface area contributed by atoms with Gasteiger partial charge in [-0.25, -0.2) is 0 Å². The van der Waals surface area contributed by atoms with Crippen LogP contribution >= 0.6 is 12.4 Å². The summed E-state index contributed by atoms with van der Waals surface area (Å²) in [4.78, 5) is 12.3. The highest BCUT2D eigenvalue weighted by Gasteiger charge is 2.22. The quantitative estimate of drug-likeness (QED) is 0.854. The van der Waals surface area contributed by atoms with Crippen LogP contribution in [0.4, 0.5) is 0 Å². The summed E-state index contributed by atoms with van der Waals surface area (Å²) in [5, 5.41) is 6.55. The molecule has 0 spiro atoms. The van der Waals surface area contributed by atoms with Crippen LogP contribution in [0.15, 0.2) is 18.2 Å². The maximum atomic E-state index is 12.3. The second-order valence-electron chi connectivity index (χ2n) is 6.98. The number of halogens is 1. The third-order valence-corrected chi connectivity index (χ3v) is 4.82. The van der Waals surface area contributed by atoms with Crippen molar-refractivity contribution in [2.24, 2.45) is 11.8 Å². The Kier molecular flexibility index (Phi) is 8.07. The molecule has 0 aromatic heterocycles. The molecule has 0 saturated carbocycles. The molecule has 1 heterocycles. The average molecular weight is 339 g/mol. The molecule has 1 saturated heterocycles. The van der Waals surface area contributed by atoms with Crippen LogP contribution in [0.5, 0.6) is 0 Å². The van der Waals surface area contributed by atoms with Gasteiger partial charge in [-0.1, -0.05) is 36.2 Å². The fourth-order valence-electron chi connectivity index (χ4n) is 3.52. The second kappa shape index (κ2) is 9.29. The number of amides is 1. The van der Waals surface area contributed by atoms with Gasteiger partial charge < -0.3 is 10.6 Å². The molecule has 1 amide bonds. The van der Waals surface area contributed by atoms with Crippen molar-refractivity contribution in [2.45, 2.75) is 53.0 Å². The summed E-state index contributed by atoms with van der Waals surface area (Å²) in [6.07, 6.45) is 3.03. The lowest BCUT2D eigenvalue weighted by Gasteiger charge is -2.28. The highest BCUT2D eigenvalue weighted by molar-refractivity contribution is 5.85. The molecule has 2 rings (SSSR count). The van der Waals surface area contributed by atoms with E-state index in [2.05, 4.69) is 56.5 Å². The Morgan fingerprint density at radius 1 is 1.17 bits per heavy atom. The normalized spacial score (nSPS) is 17.9. The van der Waals surface area contributed by atoms with E-state index in [1.807, 2.05) is 0 Å². The number of nitrogens with one attached hydrogen (secondary N) is 2. The molecule has 0 aliphatic carbocycles. The molecule has 23 heavy (non-hydrogen) atoms. The largest absolute Gasteiger partial charge is 0.350 e. The predicted molar refractivity (Wildman–Crippen MR) is 99.1 cm³/mol. The van der Waals surface area contributed by atoms with Crippen molar-refractivity contribution < 1.29 is 4.79 Å². The molecule has 1 fully saturated rings. The van der Waals surface area contributed by atoms with Gasteiger partial charge in [0.25, 0.3) is 0 Å². The van der Waals surface area contributed by atoms with E-state index in [1.165, 1.54) is 29.5 Å². The van der Waals surface area contributed by atoms with Gasteiger partial charge in [0, 0.05) is 6.42 Å². The fourth-order valence-corrected chi connectivity index (χ4v) is 3.52. The number of piperidine rings is 1. The van der Waals surface area contributed by atoms with E-state index in [0.717, 1.165) is 13.1 Å². The molecular weight excluding hydrogens is 308 g/mol.